The van der Waals surface area contributed by atoms with Gasteiger partial charge in [0.05, 0.1) is 4.90 Å². The molecule has 2 aromatic rings. The topological polar surface area (TPSA) is 63.2 Å². The fourth-order valence-corrected chi connectivity index (χ4v) is 3.00. The largest absolute Gasteiger partial charge is 0.274 e. The maximum absolute atomic E-state index is 11.8. The molecule has 0 radical (unpaired) electrons. The van der Waals surface area contributed by atoms with Crippen molar-refractivity contribution < 1.29 is 13.2 Å². The van der Waals surface area contributed by atoms with Crippen molar-refractivity contribution in [2.75, 3.05) is 0 Å². The number of carbonyl (C=O) groups excluding carboxylic acids is 1. The van der Waals surface area contributed by atoms with E-state index in [1.165, 1.54) is 24.6 Å². The molecular weight excluding hydrogens is 286 g/mol. The van der Waals surface area contributed by atoms with Crippen LogP contribution in [0.1, 0.15) is 19.4 Å². The van der Waals surface area contributed by atoms with Crippen molar-refractivity contribution >= 4 is 15.9 Å². The lowest BCUT2D eigenvalue weighted by Crippen LogP contribution is -2.28. The molecule has 0 unspecified atom stereocenters. The molecule has 4 nitrogen and oxygen atoms in total. The molecule has 0 atom stereocenters. The van der Waals surface area contributed by atoms with Gasteiger partial charge in [-0.1, -0.05) is 43.3 Å². The smallest absolute Gasteiger partial charge is 0.264 e. The van der Waals surface area contributed by atoms with Gasteiger partial charge in [-0.2, -0.15) is 0 Å². The Balaban J connectivity index is 2.28. The van der Waals surface area contributed by atoms with E-state index in [0.29, 0.717) is 0 Å². The van der Waals surface area contributed by atoms with E-state index in [1.807, 2.05) is 16.9 Å². The molecule has 0 spiro atoms. The monoisotopic (exact) mass is 303 g/mol. The first-order valence-electron chi connectivity index (χ1n) is 6.65. The Morgan fingerprint density at radius 1 is 0.952 bits per heavy atom. The second-order valence-corrected chi connectivity index (χ2v) is 6.42. The summed E-state index contributed by atoms with van der Waals surface area (Å²) < 4.78 is 25.6. The van der Waals surface area contributed by atoms with Gasteiger partial charge in [-0.25, -0.2) is 13.1 Å². The molecule has 0 bridgehead atoms. The molecule has 0 saturated carbocycles. The lowest BCUT2D eigenvalue weighted by molar-refractivity contribution is -0.117. The predicted octanol–water partition coefficient (Wildman–Crippen LogP) is 2.74. The van der Waals surface area contributed by atoms with Crippen molar-refractivity contribution in [1.29, 1.82) is 0 Å². The van der Waals surface area contributed by atoms with E-state index < -0.39 is 15.9 Å². The number of rotatable bonds is 4. The summed E-state index contributed by atoms with van der Waals surface area (Å²) in [6.45, 7) is 3.26. The number of amides is 1. The Hall–Kier alpha value is -2.14. The van der Waals surface area contributed by atoms with Crippen molar-refractivity contribution in [3.8, 4) is 11.1 Å². The minimum atomic E-state index is -3.77. The summed E-state index contributed by atoms with van der Waals surface area (Å²) in [5.41, 5.74) is 3.21. The Morgan fingerprint density at radius 3 is 1.86 bits per heavy atom. The highest BCUT2D eigenvalue weighted by Gasteiger charge is 2.15. The molecule has 0 aliphatic carbocycles. The number of aryl methyl sites for hydroxylation is 1. The van der Waals surface area contributed by atoms with E-state index in [0.717, 1.165) is 17.5 Å². The van der Waals surface area contributed by atoms with Crippen molar-refractivity contribution in [2.24, 2.45) is 0 Å². The van der Waals surface area contributed by atoms with Crippen molar-refractivity contribution in [3.63, 3.8) is 0 Å². The highest BCUT2D eigenvalue weighted by Crippen LogP contribution is 2.22. The Morgan fingerprint density at radius 2 is 1.43 bits per heavy atom. The average molecular weight is 303 g/mol. The van der Waals surface area contributed by atoms with Gasteiger partial charge in [0.1, 0.15) is 0 Å². The lowest BCUT2D eigenvalue weighted by atomic mass is 10.0. The zero-order valence-electron chi connectivity index (χ0n) is 12.0. The average Bonchev–Trinajstić information content (AvgIpc) is 2.46. The van der Waals surface area contributed by atoms with E-state index in [4.69, 9.17) is 0 Å². The number of nitrogens with one attached hydrogen (secondary N) is 1. The molecule has 0 saturated heterocycles. The van der Waals surface area contributed by atoms with Gasteiger partial charge in [0.2, 0.25) is 5.91 Å². The van der Waals surface area contributed by atoms with Gasteiger partial charge in [0.25, 0.3) is 10.0 Å². The van der Waals surface area contributed by atoms with E-state index in [2.05, 4.69) is 19.1 Å². The van der Waals surface area contributed by atoms with E-state index in [-0.39, 0.29) is 4.90 Å². The summed E-state index contributed by atoms with van der Waals surface area (Å²) in [5, 5.41) is 0. The quantitative estimate of drug-likeness (QED) is 0.944. The molecule has 110 valence electrons. The van der Waals surface area contributed by atoms with Gasteiger partial charge in [0.15, 0.2) is 0 Å². The van der Waals surface area contributed by atoms with Crippen LogP contribution in [0.25, 0.3) is 11.1 Å². The highest BCUT2D eigenvalue weighted by atomic mass is 32.2. The Labute approximate surface area is 124 Å². The lowest BCUT2D eigenvalue weighted by Gasteiger charge is -2.07. The molecule has 1 amide bonds. The van der Waals surface area contributed by atoms with Crippen LogP contribution in [0.4, 0.5) is 0 Å². The van der Waals surface area contributed by atoms with Gasteiger partial charge < -0.3 is 0 Å². The Kier molecular flexibility index (Phi) is 4.43. The summed E-state index contributed by atoms with van der Waals surface area (Å²) in [6, 6.07) is 14.6. The second-order valence-electron chi connectivity index (χ2n) is 4.74. The third kappa shape index (κ3) is 3.70. The molecule has 0 aromatic heterocycles. The van der Waals surface area contributed by atoms with Crippen LogP contribution in [0.15, 0.2) is 53.4 Å². The minimum absolute atomic E-state index is 0.0756. The SMILES string of the molecule is CCc1ccc(-c2ccc(S(=O)(=O)NC(C)=O)cc2)cc1. The first-order chi connectivity index (χ1) is 9.92. The molecule has 2 aromatic carbocycles. The third-order valence-electron chi connectivity index (χ3n) is 3.14. The normalized spacial score (nSPS) is 11.1. The van der Waals surface area contributed by atoms with E-state index in [9.17, 15) is 13.2 Å². The fourth-order valence-electron chi connectivity index (χ4n) is 2.01. The van der Waals surface area contributed by atoms with Crippen molar-refractivity contribution in [1.82, 2.24) is 4.72 Å². The molecule has 2 rings (SSSR count). The van der Waals surface area contributed by atoms with Crippen LogP contribution < -0.4 is 4.72 Å². The molecule has 0 fully saturated rings. The second kappa shape index (κ2) is 6.10. The van der Waals surface area contributed by atoms with Crippen molar-refractivity contribution in [2.45, 2.75) is 25.2 Å². The highest BCUT2D eigenvalue weighted by molar-refractivity contribution is 7.90. The van der Waals surface area contributed by atoms with Gasteiger partial charge in [-0.15, -0.1) is 0 Å². The molecule has 0 heterocycles. The van der Waals surface area contributed by atoms with Gasteiger partial charge in [-0.05, 0) is 35.2 Å². The number of hydrogen-bond acceptors (Lipinski definition) is 3. The first kappa shape index (κ1) is 15.3. The molecule has 0 aliphatic rings. The predicted molar refractivity (Wildman–Crippen MR) is 82.3 cm³/mol. The van der Waals surface area contributed by atoms with Crippen LogP contribution in [-0.2, 0) is 21.2 Å². The summed E-state index contributed by atoms with van der Waals surface area (Å²) in [6.07, 6.45) is 0.980. The van der Waals surface area contributed by atoms with Crippen LogP contribution in [0, 0.1) is 0 Å². The molecule has 21 heavy (non-hydrogen) atoms. The number of sulfonamides is 1. The fraction of sp³-hybridized carbons (Fsp3) is 0.188. The maximum atomic E-state index is 11.8. The van der Waals surface area contributed by atoms with Crippen LogP contribution in [-0.4, -0.2) is 14.3 Å². The van der Waals surface area contributed by atoms with E-state index in [1.54, 1.807) is 12.1 Å². The van der Waals surface area contributed by atoms with Crippen LogP contribution >= 0.6 is 0 Å². The zero-order chi connectivity index (χ0) is 15.5. The zero-order valence-corrected chi connectivity index (χ0v) is 12.8. The number of hydrogen-bond donors (Lipinski definition) is 1. The summed E-state index contributed by atoms with van der Waals surface area (Å²) >= 11 is 0. The third-order valence-corrected chi connectivity index (χ3v) is 4.59. The van der Waals surface area contributed by atoms with Crippen LogP contribution in [0.5, 0.6) is 0 Å². The van der Waals surface area contributed by atoms with Gasteiger partial charge in [-0.3, -0.25) is 4.79 Å². The molecule has 0 aliphatic heterocycles. The molecule has 5 heteroatoms. The summed E-state index contributed by atoms with van der Waals surface area (Å²) in [7, 11) is -3.77. The number of carbonyl (C=O) groups is 1. The van der Waals surface area contributed by atoms with Crippen LogP contribution in [0.2, 0.25) is 0 Å². The van der Waals surface area contributed by atoms with Crippen LogP contribution in [0.3, 0.4) is 0 Å². The molecule has 1 N–H and O–H groups in total. The summed E-state index contributed by atoms with van der Waals surface area (Å²) in [5.74, 6) is -0.603. The van der Waals surface area contributed by atoms with Gasteiger partial charge >= 0.3 is 0 Å². The standard InChI is InChI=1S/C16H17NO3S/c1-3-13-4-6-14(7-5-13)15-8-10-16(11-9-15)21(19,20)17-12(2)18/h4-11H,3H2,1-2H3,(H,17,18). The van der Waals surface area contributed by atoms with Gasteiger partial charge in [0, 0.05) is 6.92 Å². The maximum Gasteiger partial charge on any atom is 0.264 e. The first-order valence-corrected chi connectivity index (χ1v) is 8.13. The van der Waals surface area contributed by atoms with Crippen molar-refractivity contribution in [3.05, 3.63) is 54.1 Å². The number of benzene rings is 2. The van der Waals surface area contributed by atoms with E-state index >= 15 is 0 Å². The molecular formula is C16H17NO3S. The minimum Gasteiger partial charge on any atom is -0.274 e. The Bertz CT molecular complexity index is 732. The summed E-state index contributed by atoms with van der Waals surface area (Å²) in [4.78, 5) is 11.0.